The van der Waals surface area contributed by atoms with Gasteiger partial charge in [-0.05, 0) is 24.1 Å². The van der Waals surface area contributed by atoms with E-state index in [0.717, 1.165) is 29.6 Å². The molecule has 18 heavy (non-hydrogen) atoms. The van der Waals surface area contributed by atoms with Gasteiger partial charge in [0.05, 0.1) is 6.54 Å². The van der Waals surface area contributed by atoms with E-state index in [1.54, 1.807) is 7.11 Å². The number of hydrogen-bond donors (Lipinski definition) is 3. The van der Waals surface area contributed by atoms with Crippen LogP contribution in [0.4, 0.5) is 0 Å². The first-order valence-electron chi connectivity index (χ1n) is 5.74. The number of hydrazine groups is 1. The summed E-state index contributed by atoms with van der Waals surface area (Å²) in [7, 11) is 1.68. The Morgan fingerprint density at radius 3 is 2.72 bits per heavy atom. The zero-order valence-corrected chi connectivity index (χ0v) is 12.0. The lowest BCUT2D eigenvalue weighted by molar-refractivity contribution is 0.195. The minimum Gasteiger partial charge on any atom is -0.385 e. The van der Waals surface area contributed by atoms with Crippen LogP contribution in [0.2, 0.25) is 0 Å². The van der Waals surface area contributed by atoms with Gasteiger partial charge < -0.3 is 10.1 Å². The molecule has 0 heterocycles. The van der Waals surface area contributed by atoms with E-state index in [1.165, 1.54) is 0 Å². The van der Waals surface area contributed by atoms with Crippen LogP contribution in [0.25, 0.3) is 0 Å². The lowest BCUT2D eigenvalue weighted by atomic mass is 10.2. The Morgan fingerprint density at radius 2 is 2.11 bits per heavy atom. The van der Waals surface area contributed by atoms with Crippen molar-refractivity contribution in [2.24, 2.45) is 10.8 Å². The molecule has 100 valence electrons. The molecule has 0 fully saturated rings. The van der Waals surface area contributed by atoms with Gasteiger partial charge in [-0.25, -0.2) is 10.8 Å². The molecule has 0 unspecified atom stereocenters. The van der Waals surface area contributed by atoms with Gasteiger partial charge in [-0.2, -0.15) is 0 Å². The van der Waals surface area contributed by atoms with Gasteiger partial charge in [0.1, 0.15) is 0 Å². The first-order valence-corrected chi connectivity index (χ1v) is 6.54. The minimum atomic E-state index is 0.587. The zero-order chi connectivity index (χ0) is 13.2. The van der Waals surface area contributed by atoms with Crippen molar-refractivity contribution in [3.8, 4) is 0 Å². The number of halogens is 1. The van der Waals surface area contributed by atoms with Crippen LogP contribution in [0.1, 0.15) is 12.0 Å². The standard InChI is InChI=1S/C12H19BrN4O/c1-18-8-2-7-15-12(17-14)16-9-10-3-5-11(13)6-4-10/h3-6H,2,7-9,14H2,1H3,(H2,15,16,17). The molecule has 1 aromatic rings. The largest absolute Gasteiger partial charge is 0.385 e. The summed E-state index contributed by atoms with van der Waals surface area (Å²) in [6.07, 6.45) is 0.912. The van der Waals surface area contributed by atoms with Gasteiger partial charge in [-0.3, -0.25) is 5.43 Å². The molecular weight excluding hydrogens is 296 g/mol. The molecule has 0 saturated carbocycles. The molecule has 0 amide bonds. The van der Waals surface area contributed by atoms with E-state index in [4.69, 9.17) is 10.6 Å². The van der Waals surface area contributed by atoms with Gasteiger partial charge in [0.15, 0.2) is 0 Å². The maximum Gasteiger partial charge on any atom is 0.206 e. The van der Waals surface area contributed by atoms with Crippen LogP contribution < -0.4 is 16.6 Å². The van der Waals surface area contributed by atoms with Crippen LogP contribution in [-0.4, -0.2) is 26.2 Å². The molecule has 0 spiro atoms. The Balaban J connectivity index is 2.39. The van der Waals surface area contributed by atoms with E-state index < -0.39 is 0 Å². The fourth-order valence-corrected chi connectivity index (χ4v) is 1.60. The number of nitrogens with two attached hydrogens (primary N) is 1. The number of ether oxygens (including phenoxy) is 1. The van der Waals surface area contributed by atoms with Crippen LogP contribution in [0.5, 0.6) is 0 Å². The van der Waals surface area contributed by atoms with Gasteiger partial charge in [-0.1, -0.05) is 28.1 Å². The molecule has 0 aliphatic rings. The average Bonchev–Trinajstić information content (AvgIpc) is 2.40. The first kappa shape index (κ1) is 14.9. The number of methoxy groups -OCH3 is 1. The van der Waals surface area contributed by atoms with Crippen molar-refractivity contribution >= 4 is 21.9 Å². The summed E-state index contributed by atoms with van der Waals surface area (Å²) in [5.74, 6) is 5.99. The molecule has 4 N–H and O–H groups in total. The molecular formula is C12H19BrN4O. The lowest BCUT2D eigenvalue weighted by Crippen LogP contribution is -2.42. The zero-order valence-electron chi connectivity index (χ0n) is 10.4. The molecule has 0 atom stereocenters. The third kappa shape index (κ3) is 6.00. The number of nitrogens with zero attached hydrogens (tertiary/aromatic N) is 1. The summed E-state index contributed by atoms with van der Waals surface area (Å²) in [4.78, 5) is 4.35. The van der Waals surface area contributed by atoms with Crippen molar-refractivity contribution in [2.45, 2.75) is 13.0 Å². The summed E-state index contributed by atoms with van der Waals surface area (Å²) >= 11 is 3.40. The Labute approximate surface area is 116 Å². The minimum absolute atomic E-state index is 0.587. The van der Waals surface area contributed by atoms with Crippen LogP contribution in [-0.2, 0) is 11.3 Å². The predicted octanol–water partition coefficient (Wildman–Crippen LogP) is 1.39. The van der Waals surface area contributed by atoms with E-state index in [0.29, 0.717) is 12.5 Å². The Hall–Kier alpha value is -1.11. The van der Waals surface area contributed by atoms with Gasteiger partial charge in [0, 0.05) is 24.7 Å². The average molecular weight is 315 g/mol. The first-order chi connectivity index (χ1) is 8.76. The Kier molecular flexibility index (Phi) is 7.40. The molecule has 0 saturated heterocycles. The van der Waals surface area contributed by atoms with Crippen molar-refractivity contribution < 1.29 is 4.74 Å². The molecule has 0 aliphatic carbocycles. The van der Waals surface area contributed by atoms with Crippen LogP contribution >= 0.6 is 15.9 Å². The summed E-state index contributed by atoms with van der Waals surface area (Å²) in [5, 5.41) is 3.11. The van der Waals surface area contributed by atoms with Gasteiger partial charge >= 0.3 is 0 Å². The van der Waals surface area contributed by atoms with E-state index >= 15 is 0 Å². The monoisotopic (exact) mass is 314 g/mol. The summed E-state index contributed by atoms with van der Waals surface area (Å²) in [5.41, 5.74) is 3.68. The molecule has 0 aromatic heterocycles. The van der Waals surface area contributed by atoms with Crippen molar-refractivity contribution in [1.29, 1.82) is 0 Å². The van der Waals surface area contributed by atoms with Crippen molar-refractivity contribution in [3.05, 3.63) is 34.3 Å². The number of rotatable bonds is 6. The second kappa shape index (κ2) is 8.91. The van der Waals surface area contributed by atoms with E-state index in [1.807, 2.05) is 24.3 Å². The van der Waals surface area contributed by atoms with Gasteiger partial charge in [0.25, 0.3) is 0 Å². The molecule has 0 radical (unpaired) electrons. The number of benzene rings is 1. The molecule has 0 bridgehead atoms. The normalized spacial score (nSPS) is 11.4. The highest BCUT2D eigenvalue weighted by atomic mass is 79.9. The van der Waals surface area contributed by atoms with E-state index in [9.17, 15) is 0 Å². The second-order valence-corrected chi connectivity index (χ2v) is 4.62. The third-order valence-corrected chi connectivity index (χ3v) is 2.82. The van der Waals surface area contributed by atoms with E-state index in [2.05, 4.69) is 31.7 Å². The predicted molar refractivity (Wildman–Crippen MR) is 77.1 cm³/mol. The van der Waals surface area contributed by atoms with Crippen LogP contribution in [0.3, 0.4) is 0 Å². The topological polar surface area (TPSA) is 71.7 Å². The van der Waals surface area contributed by atoms with E-state index in [-0.39, 0.29) is 0 Å². The summed E-state index contributed by atoms with van der Waals surface area (Å²) < 4.78 is 6.02. The molecule has 1 rings (SSSR count). The summed E-state index contributed by atoms with van der Waals surface area (Å²) in [6.45, 7) is 2.08. The second-order valence-electron chi connectivity index (χ2n) is 3.71. The van der Waals surface area contributed by atoms with Crippen LogP contribution in [0, 0.1) is 0 Å². The van der Waals surface area contributed by atoms with Crippen molar-refractivity contribution in [1.82, 2.24) is 10.7 Å². The fourth-order valence-electron chi connectivity index (χ4n) is 1.34. The third-order valence-electron chi connectivity index (χ3n) is 2.29. The molecule has 0 aliphatic heterocycles. The Morgan fingerprint density at radius 1 is 1.39 bits per heavy atom. The number of guanidine groups is 1. The Bertz CT molecular complexity index is 367. The molecule has 5 nitrogen and oxygen atoms in total. The fraction of sp³-hybridized carbons (Fsp3) is 0.417. The van der Waals surface area contributed by atoms with Crippen molar-refractivity contribution in [2.75, 3.05) is 20.3 Å². The quantitative estimate of drug-likeness (QED) is 0.244. The molecule has 6 heteroatoms. The van der Waals surface area contributed by atoms with Crippen molar-refractivity contribution in [3.63, 3.8) is 0 Å². The van der Waals surface area contributed by atoms with Crippen LogP contribution in [0.15, 0.2) is 33.7 Å². The lowest BCUT2D eigenvalue weighted by Gasteiger charge is -2.08. The maximum absolute atomic E-state index is 5.39. The molecule has 1 aromatic carbocycles. The van der Waals surface area contributed by atoms with Gasteiger partial charge in [-0.15, -0.1) is 0 Å². The highest BCUT2D eigenvalue weighted by Crippen LogP contribution is 2.10. The number of aliphatic imine (C=N–C) groups is 1. The SMILES string of the molecule is COCCCNC(=NCc1ccc(Br)cc1)NN. The summed E-state index contributed by atoms with van der Waals surface area (Å²) in [6, 6.07) is 8.03. The highest BCUT2D eigenvalue weighted by molar-refractivity contribution is 9.10. The maximum atomic E-state index is 5.39. The number of hydrogen-bond acceptors (Lipinski definition) is 3. The van der Waals surface area contributed by atoms with Gasteiger partial charge in [0.2, 0.25) is 5.96 Å². The highest BCUT2D eigenvalue weighted by Gasteiger charge is 1.96. The number of nitrogens with one attached hydrogen (secondary N) is 2. The smallest absolute Gasteiger partial charge is 0.206 e.